The number of amides is 1. The maximum Gasteiger partial charge on any atom is 0.269 e. The molecule has 3 N–H and O–H groups in total. The van der Waals surface area contributed by atoms with Crippen molar-refractivity contribution in [3.8, 4) is 0 Å². The van der Waals surface area contributed by atoms with Gasteiger partial charge in [-0.2, -0.15) is 0 Å². The van der Waals surface area contributed by atoms with Crippen molar-refractivity contribution in [1.29, 1.82) is 0 Å². The number of nitrogens with two attached hydrogens (primary N) is 1. The quantitative estimate of drug-likeness (QED) is 0.390. The molecule has 0 atom stereocenters. The molecule has 0 fully saturated rings. The summed E-state index contributed by atoms with van der Waals surface area (Å²) in [7, 11) is 0. The summed E-state index contributed by atoms with van der Waals surface area (Å²) in [6.07, 6.45) is 2.93. The monoisotopic (exact) mass is 283 g/mol. The lowest BCUT2D eigenvalue weighted by Gasteiger charge is -2.02. The SMILES string of the molecule is Nc1cccc(NC(=O)/C=C/c2ccc([N+](=O)[O-])cc2)c1. The highest BCUT2D eigenvalue weighted by Crippen LogP contribution is 2.14. The standard InChI is InChI=1S/C15H13N3O3/c16-12-2-1-3-13(10-12)17-15(19)9-6-11-4-7-14(8-5-11)18(20)21/h1-10H,16H2,(H,17,19)/b9-6+. The molecule has 0 aliphatic heterocycles. The number of nitro groups is 1. The predicted octanol–water partition coefficient (Wildman–Crippen LogP) is 2.83. The highest BCUT2D eigenvalue weighted by atomic mass is 16.6. The molecule has 2 rings (SSSR count). The summed E-state index contributed by atoms with van der Waals surface area (Å²) < 4.78 is 0. The van der Waals surface area contributed by atoms with Gasteiger partial charge in [0.1, 0.15) is 0 Å². The summed E-state index contributed by atoms with van der Waals surface area (Å²) >= 11 is 0. The Morgan fingerprint density at radius 2 is 1.90 bits per heavy atom. The van der Waals surface area contributed by atoms with Crippen molar-refractivity contribution in [3.63, 3.8) is 0 Å². The van der Waals surface area contributed by atoms with Gasteiger partial charge in [-0.3, -0.25) is 14.9 Å². The Hall–Kier alpha value is -3.15. The molecule has 0 bridgehead atoms. The van der Waals surface area contributed by atoms with Crippen molar-refractivity contribution in [2.24, 2.45) is 0 Å². The second-order valence-corrected chi connectivity index (χ2v) is 4.30. The van der Waals surface area contributed by atoms with Crippen molar-refractivity contribution in [3.05, 3.63) is 70.3 Å². The van der Waals surface area contributed by atoms with Crippen LogP contribution in [0.15, 0.2) is 54.6 Å². The van der Waals surface area contributed by atoms with E-state index in [-0.39, 0.29) is 11.6 Å². The number of nitrogen functional groups attached to an aromatic ring is 1. The third kappa shape index (κ3) is 4.17. The Bertz CT molecular complexity index is 694. The van der Waals surface area contributed by atoms with Gasteiger partial charge in [0.25, 0.3) is 5.69 Å². The molecule has 106 valence electrons. The van der Waals surface area contributed by atoms with Crippen LogP contribution in [-0.4, -0.2) is 10.8 Å². The molecule has 2 aromatic carbocycles. The molecular formula is C15H13N3O3. The molecule has 0 unspecified atom stereocenters. The van der Waals surface area contributed by atoms with Crippen LogP contribution in [0.4, 0.5) is 17.1 Å². The number of carbonyl (C=O) groups is 1. The van der Waals surface area contributed by atoms with Crippen LogP contribution in [0.3, 0.4) is 0 Å². The van der Waals surface area contributed by atoms with E-state index in [1.807, 2.05) is 0 Å². The number of rotatable bonds is 4. The normalized spacial score (nSPS) is 10.5. The average Bonchev–Trinajstić information content (AvgIpc) is 2.45. The van der Waals surface area contributed by atoms with Gasteiger partial charge >= 0.3 is 0 Å². The van der Waals surface area contributed by atoms with Crippen LogP contribution in [0, 0.1) is 10.1 Å². The van der Waals surface area contributed by atoms with Gasteiger partial charge in [-0.25, -0.2) is 0 Å². The smallest absolute Gasteiger partial charge is 0.269 e. The Morgan fingerprint density at radius 1 is 1.19 bits per heavy atom. The Kier molecular flexibility index (Phi) is 4.30. The van der Waals surface area contributed by atoms with Crippen LogP contribution in [0.5, 0.6) is 0 Å². The van der Waals surface area contributed by atoms with Crippen LogP contribution < -0.4 is 11.1 Å². The fourth-order valence-electron chi connectivity index (χ4n) is 1.68. The summed E-state index contributed by atoms with van der Waals surface area (Å²) in [6.45, 7) is 0. The molecule has 1 amide bonds. The highest BCUT2D eigenvalue weighted by molar-refractivity contribution is 6.02. The number of hydrogen-bond acceptors (Lipinski definition) is 4. The number of non-ortho nitro benzene ring substituents is 1. The third-order valence-electron chi connectivity index (χ3n) is 2.69. The van der Waals surface area contributed by atoms with Crippen LogP contribution >= 0.6 is 0 Å². The zero-order chi connectivity index (χ0) is 15.2. The van der Waals surface area contributed by atoms with Crippen molar-refractivity contribution >= 4 is 29.0 Å². The van der Waals surface area contributed by atoms with Gasteiger partial charge in [0, 0.05) is 29.6 Å². The third-order valence-corrected chi connectivity index (χ3v) is 2.69. The molecular weight excluding hydrogens is 270 g/mol. The van der Waals surface area contributed by atoms with Gasteiger partial charge in [0.05, 0.1) is 4.92 Å². The molecule has 6 heteroatoms. The molecule has 0 radical (unpaired) electrons. The minimum atomic E-state index is -0.472. The highest BCUT2D eigenvalue weighted by Gasteiger charge is 2.03. The summed E-state index contributed by atoms with van der Waals surface area (Å²) in [5.41, 5.74) is 7.49. The number of benzene rings is 2. The first-order chi connectivity index (χ1) is 10.0. The average molecular weight is 283 g/mol. The topological polar surface area (TPSA) is 98.3 Å². The summed E-state index contributed by atoms with van der Waals surface area (Å²) in [4.78, 5) is 21.8. The predicted molar refractivity (Wildman–Crippen MR) is 81.6 cm³/mol. The first kappa shape index (κ1) is 14.3. The molecule has 0 saturated carbocycles. The van der Waals surface area contributed by atoms with E-state index in [1.54, 1.807) is 42.5 Å². The molecule has 0 aliphatic rings. The summed E-state index contributed by atoms with van der Waals surface area (Å²) in [6, 6.07) is 12.8. The molecule has 0 aromatic heterocycles. The van der Waals surface area contributed by atoms with Crippen LogP contribution in [0.1, 0.15) is 5.56 Å². The number of anilines is 2. The molecule has 0 heterocycles. The van der Waals surface area contributed by atoms with E-state index in [9.17, 15) is 14.9 Å². The summed E-state index contributed by atoms with van der Waals surface area (Å²) in [5.74, 6) is -0.307. The van der Waals surface area contributed by atoms with Gasteiger partial charge in [-0.15, -0.1) is 0 Å². The second-order valence-electron chi connectivity index (χ2n) is 4.30. The van der Waals surface area contributed by atoms with E-state index in [0.717, 1.165) is 0 Å². The zero-order valence-electron chi connectivity index (χ0n) is 11.0. The maximum absolute atomic E-state index is 11.7. The van der Waals surface area contributed by atoms with Gasteiger partial charge < -0.3 is 11.1 Å². The second kappa shape index (κ2) is 6.33. The van der Waals surface area contributed by atoms with E-state index < -0.39 is 4.92 Å². The molecule has 6 nitrogen and oxygen atoms in total. The van der Waals surface area contributed by atoms with E-state index in [4.69, 9.17) is 5.73 Å². The zero-order valence-corrected chi connectivity index (χ0v) is 11.0. The van der Waals surface area contributed by atoms with Crippen LogP contribution in [0.25, 0.3) is 6.08 Å². The van der Waals surface area contributed by atoms with Crippen molar-refractivity contribution in [1.82, 2.24) is 0 Å². The summed E-state index contributed by atoms with van der Waals surface area (Å²) in [5, 5.41) is 13.2. The van der Waals surface area contributed by atoms with Crippen molar-refractivity contribution < 1.29 is 9.72 Å². The minimum Gasteiger partial charge on any atom is -0.399 e. The van der Waals surface area contributed by atoms with Crippen molar-refractivity contribution in [2.45, 2.75) is 0 Å². The van der Waals surface area contributed by atoms with E-state index >= 15 is 0 Å². The Balaban J connectivity index is 2.00. The number of nitro benzene ring substituents is 1. The lowest BCUT2D eigenvalue weighted by atomic mass is 10.2. The van der Waals surface area contributed by atoms with E-state index in [0.29, 0.717) is 16.9 Å². The number of nitrogens with one attached hydrogen (secondary N) is 1. The van der Waals surface area contributed by atoms with E-state index in [1.165, 1.54) is 18.2 Å². The van der Waals surface area contributed by atoms with Gasteiger partial charge in [0.15, 0.2) is 0 Å². The number of carbonyl (C=O) groups excluding carboxylic acids is 1. The van der Waals surface area contributed by atoms with Crippen molar-refractivity contribution in [2.75, 3.05) is 11.1 Å². The van der Waals surface area contributed by atoms with Crippen LogP contribution in [-0.2, 0) is 4.79 Å². The lowest BCUT2D eigenvalue weighted by Crippen LogP contribution is -2.07. The Labute approximate surface area is 121 Å². The van der Waals surface area contributed by atoms with Crippen LogP contribution in [0.2, 0.25) is 0 Å². The molecule has 21 heavy (non-hydrogen) atoms. The largest absolute Gasteiger partial charge is 0.399 e. The molecule has 0 saturated heterocycles. The molecule has 2 aromatic rings. The lowest BCUT2D eigenvalue weighted by molar-refractivity contribution is -0.384. The minimum absolute atomic E-state index is 0.0105. The van der Waals surface area contributed by atoms with E-state index in [2.05, 4.69) is 5.32 Å². The number of nitrogens with zero attached hydrogens (tertiary/aromatic N) is 1. The molecule has 0 spiro atoms. The fraction of sp³-hybridized carbons (Fsp3) is 0. The first-order valence-electron chi connectivity index (χ1n) is 6.13. The first-order valence-corrected chi connectivity index (χ1v) is 6.13. The van der Waals surface area contributed by atoms with Gasteiger partial charge in [-0.1, -0.05) is 6.07 Å². The fourth-order valence-corrected chi connectivity index (χ4v) is 1.68. The van der Waals surface area contributed by atoms with Gasteiger partial charge in [-0.05, 0) is 42.0 Å². The maximum atomic E-state index is 11.7. The number of hydrogen-bond donors (Lipinski definition) is 2. The van der Waals surface area contributed by atoms with Gasteiger partial charge in [0.2, 0.25) is 5.91 Å². The molecule has 0 aliphatic carbocycles. The Morgan fingerprint density at radius 3 is 2.52 bits per heavy atom.